The van der Waals surface area contributed by atoms with Crippen LogP contribution < -0.4 is 10.5 Å². The highest BCUT2D eigenvalue weighted by Crippen LogP contribution is 2.30. The molecule has 0 saturated carbocycles. The molecular weight excluding hydrogens is 240 g/mol. The second kappa shape index (κ2) is 4.10. The second-order valence-electron chi connectivity index (χ2n) is 3.62. The van der Waals surface area contributed by atoms with Crippen LogP contribution in [0.4, 0.5) is 11.5 Å². The Labute approximate surface area is 98.9 Å². The van der Waals surface area contributed by atoms with Gasteiger partial charge < -0.3 is 5.73 Å². The summed E-state index contributed by atoms with van der Waals surface area (Å²) in [4.78, 5) is 0. The zero-order valence-electron chi connectivity index (χ0n) is 9.14. The second-order valence-corrected chi connectivity index (χ2v) is 5.37. The number of aromatic nitrogens is 2. The van der Waals surface area contributed by atoms with E-state index in [0.717, 1.165) is 6.26 Å². The van der Waals surface area contributed by atoms with E-state index in [4.69, 9.17) is 5.73 Å². The molecule has 7 heteroatoms. The zero-order chi connectivity index (χ0) is 12.5. The molecule has 0 unspecified atom stereocenters. The van der Waals surface area contributed by atoms with Crippen molar-refractivity contribution in [3.05, 3.63) is 30.5 Å². The first kappa shape index (κ1) is 11.5. The van der Waals surface area contributed by atoms with E-state index in [0.29, 0.717) is 22.6 Å². The highest BCUT2D eigenvalue weighted by atomic mass is 32.2. The Hall–Kier alpha value is -2.02. The average Bonchev–Trinajstić information content (AvgIpc) is 2.63. The fourth-order valence-electron chi connectivity index (χ4n) is 1.52. The molecule has 0 atom stereocenters. The number of anilines is 2. The van der Waals surface area contributed by atoms with Gasteiger partial charge in [0.2, 0.25) is 10.0 Å². The molecule has 1 aromatic carbocycles. The summed E-state index contributed by atoms with van der Waals surface area (Å²) < 4.78 is 24.9. The van der Waals surface area contributed by atoms with Gasteiger partial charge in [0.25, 0.3) is 0 Å². The Kier molecular flexibility index (Phi) is 2.76. The van der Waals surface area contributed by atoms with Crippen molar-refractivity contribution in [1.82, 2.24) is 10.2 Å². The molecule has 0 bridgehead atoms. The third-order valence-electron chi connectivity index (χ3n) is 2.18. The average molecular weight is 252 g/mol. The number of nitrogen functional groups attached to an aromatic ring is 1. The van der Waals surface area contributed by atoms with Crippen LogP contribution in [0.2, 0.25) is 0 Å². The quantitative estimate of drug-likeness (QED) is 0.759. The number of nitrogens with zero attached hydrogens (tertiary/aromatic N) is 1. The summed E-state index contributed by atoms with van der Waals surface area (Å²) in [6.07, 6.45) is 2.65. The fourth-order valence-corrected chi connectivity index (χ4v) is 2.09. The van der Waals surface area contributed by atoms with Gasteiger partial charge in [0, 0.05) is 11.1 Å². The summed E-state index contributed by atoms with van der Waals surface area (Å²) in [5.41, 5.74) is 7.53. The first-order valence-corrected chi connectivity index (χ1v) is 6.72. The minimum absolute atomic E-state index is 0.396. The predicted octanol–water partition coefficient (Wildman–Crippen LogP) is 1.03. The molecule has 0 saturated heterocycles. The highest BCUT2D eigenvalue weighted by molar-refractivity contribution is 7.92. The predicted molar refractivity (Wildman–Crippen MR) is 66.9 cm³/mol. The van der Waals surface area contributed by atoms with Crippen LogP contribution in [0.15, 0.2) is 30.5 Å². The van der Waals surface area contributed by atoms with Crippen LogP contribution in [0.25, 0.3) is 11.1 Å². The largest absolute Gasteiger partial charge is 0.384 e. The lowest BCUT2D eigenvalue weighted by molar-refractivity contribution is 0.607. The molecule has 0 amide bonds. The molecule has 1 aromatic heterocycles. The van der Waals surface area contributed by atoms with Gasteiger partial charge in [-0.3, -0.25) is 9.82 Å². The fraction of sp³-hybridized carbons (Fsp3) is 0.100. The Morgan fingerprint density at radius 2 is 2.00 bits per heavy atom. The number of para-hydroxylation sites is 1. The Balaban J connectivity index is 2.52. The number of nitrogens with two attached hydrogens (primary N) is 1. The summed E-state index contributed by atoms with van der Waals surface area (Å²) in [7, 11) is -3.33. The number of nitrogens with one attached hydrogen (secondary N) is 2. The van der Waals surface area contributed by atoms with E-state index in [2.05, 4.69) is 14.9 Å². The summed E-state index contributed by atoms with van der Waals surface area (Å²) in [6.45, 7) is 0. The molecule has 2 aromatic rings. The zero-order valence-corrected chi connectivity index (χ0v) is 9.95. The van der Waals surface area contributed by atoms with E-state index < -0.39 is 10.0 Å². The molecule has 6 nitrogen and oxygen atoms in total. The number of sulfonamides is 1. The highest BCUT2D eigenvalue weighted by Gasteiger charge is 2.11. The SMILES string of the molecule is CS(=O)(=O)Nc1ccccc1-c1cn[nH]c1N. The summed E-state index contributed by atoms with van der Waals surface area (Å²) in [5, 5.41) is 6.42. The first-order valence-electron chi connectivity index (χ1n) is 4.83. The molecule has 1 heterocycles. The topological polar surface area (TPSA) is 101 Å². The summed E-state index contributed by atoms with van der Waals surface area (Å²) in [5.74, 6) is 0.396. The monoisotopic (exact) mass is 252 g/mol. The van der Waals surface area contributed by atoms with Crippen molar-refractivity contribution in [1.29, 1.82) is 0 Å². The molecule has 0 aliphatic carbocycles. The Morgan fingerprint density at radius 3 is 2.59 bits per heavy atom. The van der Waals surface area contributed by atoms with Crippen molar-refractivity contribution in [2.75, 3.05) is 16.7 Å². The van der Waals surface area contributed by atoms with E-state index in [1.807, 2.05) is 0 Å². The maximum Gasteiger partial charge on any atom is 0.229 e. The van der Waals surface area contributed by atoms with E-state index >= 15 is 0 Å². The van der Waals surface area contributed by atoms with Crippen molar-refractivity contribution in [3.8, 4) is 11.1 Å². The van der Waals surface area contributed by atoms with Crippen LogP contribution in [0, 0.1) is 0 Å². The molecule has 0 fully saturated rings. The Bertz CT molecular complexity index is 633. The van der Waals surface area contributed by atoms with Gasteiger partial charge in [0.05, 0.1) is 18.1 Å². The van der Waals surface area contributed by atoms with Crippen LogP contribution in [0.3, 0.4) is 0 Å². The van der Waals surface area contributed by atoms with Gasteiger partial charge in [0.1, 0.15) is 5.82 Å². The van der Waals surface area contributed by atoms with Crippen molar-refractivity contribution in [2.24, 2.45) is 0 Å². The first-order chi connectivity index (χ1) is 7.97. The molecule has 0 aliphatic rings. The molecule has 90 valence electrons. The van der Waals surface area contributed by atoms with Crippen LogP contribution in [0.5, 0.6) is 0 Å². The normalized spacial score (nSPS) is 11.4. The number of hydrogen-bond donors (Lipinski definition) is 3. The molecule has 0 aliphatic heterocycles. The van der Waals surface area contributed by atoms with Gasteiger partial charge in [-0.2, -0.15) is 5.10 Å². The van der Waals surface area contributed by atoms with Gasteiger partial charge in [-0.1, -0.05) is 18.2 Å². The van der Waals surface area contributed by atoms with Gasteiger partial charge in [-0.05, 0) is 6.07 Å². The maximum absolute atomic E-state index is 11.2. The van der Waals surface area contributed by atoms with Crippen LogP contribution >= 0.6 is 0 Å². The number of benzene rings is 1. The smallest absolute Gasteiger partial charge is 0.229 e. The minimum atomic E-state index is -3.33. The molecular formula is C10H12N4O2S. The van der Waals surface area contributed by atoms with Crippen molar-refractivity contribution < 1.29 is 8.42 Å². The van der Waals surface area contributed by atoms with Crippen molar-refractivity contribution >= 4 is 21.5 Å². The lowest BCUT2D eigenvalue weighted by atomic mass is 10.1. The number of rotatable bonds is 3. The number of hydrogen-bond acceptors (Lipinski definition) is 4. The summed E-state index contributed by atoms with van der Waals surface area (Å²) >= 11 is 0. The number of aromatic amines is 1. The third-order valence-corrected chi connectivity index (χ3v) is 2.77. The van der Waals surface area contributed by atoms with E-state index in [1.165, 1.54) is 0 Å². The minimum Gasteiger partial charge on any atom is -0.384 e. The molecule has 0 spiro atoms. The van der Waals surface area contributed by atoms with Crippen molar-refractivity contribution in [3.63, 3.8) is 0 Å². The van der Waals surface area contributed by atoms with Gasteiger partial charge in [-0.15, -0.1) is 0 Å². The lowest BCUT2D eigenvalue weighted by Crippen LogP contribution is -2.10. The van der Waals surface area contributed by atoms with Gasteiger partial charge in [0.15, 0.2) is 0 Å². The van der Waals surface area contributed by atoms with Crippen LogP contribution in [-0.4, -0.2) is 24.9 Å². The standard InChI is InChI=1S/C10H12N4O2S/c1-17(15,16)14-9-5-3-2-4-7(9)8-6-12-13-10(8)11/h2-6,14H,1H3,(H3,11,12,13). The van der Waals surface area contributed by atoms with Crippen molar-refractivity contribution in [2.45, 2.75) is 0 Å². The van der Waals surface area contributed by atoms with E-state index in [9.17, 15) is 8.42 Å². The van der Waals surface area contributed by atoms with E-state index in [1.54, 1.807) is 30.5 Å². The van der Waals surface area contributed by atoms with Gasteiger partial charge in [-0.25, -0.2) is 8.42 Å². The van der Waals surface area contributed by atoms with Crippen LogP contribution in [0.1, 0.15) is 0 Å². The molecule has 17 heavy (non-hydrogen) atoms. The van der Waals surface area contributed by atoms with E-state index in [-0.39, 0.29) is 0 Å². The van der Waals surface area contributed by atoms with Crippen LogP contribution in [-0.2, 0) is 10.0 Å². The summed E-state index contributed by atoms with van der Waals surface area (Å²) in [6, 6.07) is 6.99. The Morgan fingerprint density at radius 1 is 1.29 bits per heavy atom. The number of H-pyrrole nitrogens is 1. The molecule has 0 radical (unpaired) electrons. The third kappa shape index (κ3) is 2.56. The lowest BCUT2D eigenvalue weighted by Gasteiger charge is -2.09. The maximum atomic E-state index is 11.2. The van der Waals surface area contributed by atoms with Gasteiger partial charge >= 0.3 is 0 Å². The molecule has 4 N–H and O–H groups in total. The molecule has 2 rings (SSSR count).